The van der Waals surface area contributed by atoms with Gasteiger partial charge in [-0.2, -0.15) is 0 Å². The Kier molecular flexibility index (Phi) is 4.69. The van der Waals surface area contributed by atoms with Gasteiger partial charge in [0, 0.05) is 16.3 Å². The molecule has 0 unspecified atom stereocenters. The van der Waals surface area contributed by atoms with Gasteiger partial charge in [-0.1, -0.05) is 30.3 Å². The van der Waals surface area contributed by atoms with Crippen LogP contribution in [-0.2, 0) is 10.5 Å². The lowest BCUT2D eigenvalue weighted by Gasteiger charge is -2.11. The molecule has 0 bridgehead atoms. The van der Waals surface area contributed by atoms with Gasteiger partial charge in [-0.25, -0.2) is 4.79 Å². The van der Waals surface area contributed by atoms with Gasteiger partial charge in [0.1, 0.15) is 0 Å². The smallest absolute Gasteiger partial charge is 0.340 e. The van der Waals surface area contributed by atoms with E-state index in [1.807, 2.05) is 24.3 Å². The number of ether oxygens (including phenoxy) is 1. The summed E-state index contributed by atoms with van der Waals surface area (Å²) >= 11 is 1.69. The Morgan fingerprint density at radius 1 is 1.20 bits per heavy atom. The third kappa shape index (κ3) is 3.14. The molecule has 20 heavy (non-hydrogen) atoms. The fraction of sp³-hybridized carbons (Fsp3) is 0.188. The Morgan fingerprint density at radius 3 is 2.65 bits per heavy atom. The number of rotatable bonds is 4. The minimum absolute atomic E-state index is 0.386. The monoisotopic (exact) mass is 287 g/mol. The first-order valence-corrected chi connectivity index (χ1v) is 7.26. The van der Waals surface area contributed by atoms with Crippen LogP contribution in [0.2, 0.25) is 0 Å². The number of nitrogens with two attached hydrogens (primary N) is 1. The fourth-order valence-electron chi connectivity index (χ4n) is 1.97. The summed E-state index contributed by atoms with van der Waals surface area (Å²) in [6.45, 7) is 2.07. The molecule has 0 saturated heterocycles. The number of benzene rings is 2. The average molecular weight is 287 g/mol. The molecule has 0 heterocycles. The summed E-state index contributed by atoms with van der Waals surface area (Å²) in [4.78, 5) is 13.0. The number of carbonyl (C=O) groups is 1. The first-order chi connectivity index (χ1) is 9.63. The molecule has 0 radical (unpaired) electrons. The Hall–Kier alpha value is -1.94. The maximum Gasteiger partial charge on any atom is 0.340 e. The number of nitrogen functional groups attached to an aromatic ring is 1. The van der Waals surface area contributed by atoms with Crippen LogP contribution in [0.25, 0.3) is 0 Å². The van der Waals surface area contributed by atoms with E-state index < -0.39 is 0 Å². The van der Waals surface area contributed by atoms with Gasteiger partial charge in [-0.3, -0.25) is 0 Å². The fourth-order valence-corrected chi connectivity index (χ4v) is 2.99. The minimum Gasteiger partial charge on any atom is -0.465 e. The van der Waals surface area contributed by atoms with E-state index in [0.717, 1.165) is 5.56 Å². The second-order valence-electron chi connectivity index (χ2n) is 4.43. The molecule has 2 aromatic rings. The summed E-state index contributed by atoms with van der Waals surface area (Å²) in [6.07, 6.45) is 0. The second-order valence-corrected chi connectivity index (χ2v) is 5.44. The van der Waals surface area contributed by atoms with Crippen LogP contribution in [0.4, 0.5) is 5.69 Å². The highest BCUT2D eigenvalue weighted by Crippen LogP contribution is 2.29. The van der Waals surface area contributed by atoms with Crippen LogP contribution >= 0.6 is 11.8 Å². The summed E-state index contributed by atoms with van der Waals surface area (Å²) in [5.74, 6) is 0.295. The third-order valence-electron chi connectivity index (χ3n) is 3.05. The largest absolute Gasteiger partial charge is 0.465 e. The number of hydrogen-bond donors (Lipinski definition) is 1. The summed E-state index contributed by atoms with van der Waals surface area (Å²) in [5, 5.41) is 0. The summed E-state index contributed by atoms with van der Waals surface area (Å²) in [7, 11) is 1.37. The zero-order valence-electron chi connectivity index (χ0n) is 11.6. The van der Waals surface area contributed by atoms with Crippen LogP contribution in [0.3, 0.4) is 0 Å². The van der Waals surface area contributed by atoms with E-state index in [9.17, 15) is 4.79 Å². The van der Waals surface area contributed by atoms with E-state index in [1.54, 1.807) is 17.8 Å². The molecule has 3 nitrogen and oxygen atoms in total. The maximum atomic E-state index is 11.8. The van der Waals surface area contributed by atoms with Crippen molar-refractivity contribution in [1.29, 1.82) is 0 Å². The molecule has 0 fully saturated rings. The lowest BCUT2D eigenvalue weighted by atomic mass is 10.1. The number of anilines is 1. The van der Waals surface area contributed by atoms with Crippen molar-refractivity contribution in [3.05, 3.63) is 59.2 Å². The van der Waals surface area contributed by atoms with E-state index in [1.165, 1.54) is 17.6 Å². The van der Waals surface area contributed by atoms with Crippen LogP contribution in [0, 0.1) is 6.92 Å². The molecule has 0 aliphatic heterocycles. The highest BCUT2D eigenvalue weighted by molar-refractivity contribution is 7.98. The average Bonchev–Trinajstić information content (AvgIpc) is 2.46. The van der Waals surface area contributed by atoms with E-state index in [-0.39, 0.29) is 5.97 Å². The number of carbonyl (C=O) groups excluding carboxylic acids is 1. The minimum atomic E-state index is -0.386. The van der Waals surface area contributed by atoms with Crippen molar-refractivity contribution >= 4 is 23.4 Å². The SMILES string of the molecule is COC(=O)c1c(N)cccc1CSc1ccccc1C. The van der Waals surface area contributed by atoms with E-state index in [2.05, 4.69) is 19.1 Å². The van der Waals surface area contributed by atoms with Crippen molar-refractivity contribution in [2.24, 2.45) is 0 Å². The molecule has 104 valence electrons. The summed E-state index contributed by atoms with van der Waals surface area (Å²) < 4.78 is 4.81. The van der Waals surface area contributed by atoms with Crippen molar-refractivity contribution < 1.29 is 9.53 Å². The van der Waals surface area contributed by atoms with Gasteiger partial charge >= 0.3 is 5.97 Å². The molecule has 0 aliphatic carbocycles. The Bertz CT molecular complexity index is 626. The van der Waals surface area contributed by atoms with Crippen molar-refractivity contribution in [3.8, 4) is 0 Å². The molecule has 0 saturated carbocycles. The zero-order chi connectivity index (χ0) is 14.5. The topological polar surface area (TPSA) is 52.3 Å². The van der Waals surface area contributed by atoms with Gasteiger partial charge in [-0.15, -0.1) is 11.8 Å². The Morgan fingerprint density at radius 2 is 1.95 bits per heavy atom. The molecule has 0 atom stereocenters. The van der Waals surface area contributed by atoms with Gasteiger partial charge in [0.2, 0.25) is 0 Å². The van der Waals surface area contributed by atoms with Crippen LogP contribution in [0.1, 0.15) is 21.5 Å². The molecule has 2 aromatic carbocycles. The quantitative estimate of drug-likeness (QED) is 0.530. The van der Waals surface area contributed by atoms with E-state index >= 15 is 0 Å². The Balaban J connectivity index is 2.24. The molecule has 0 amide bonds. The molecule has 0 aromatic heterocycles. The molecule has 4 heteroatoms. The number of hydrogen-bond acceptors (Lipinski definition) is 4. The van der Waals surface area contributed by atoms with Crippen LogP contribution < -0.4 is 5.73 Å². The van der Waals surface area contributed by atoms with Gasteiger partial charge < -0.3 is 10.5 Å². The lowest BCUT2D eigenvalue weighted by Crippen LogP contribution is -2.09. The van der Waals surface area contributed by atoms with Crippen molar-refractivity contribution in [2.75, 3.05) is 12.8 Å². The highest BCUT2D eigenvalue weighted by atomic mass is 32.2. The molecule has 0 spiro atoms. The van der Waals surface area contributed by atoms with Crippen molar-refractivity contribution in [1.82, 2.24) is 0 Å². The number of aryl methyl sites for hydroxylation is 1. The third-order valence-corrected chi connectivity index (χ3v) is 4.27. The van der Waals surface area contributed by atoms with Crippen molar-refractivity contribution in [2.45, 2.75) is 17.6 Å². The lowest BCUT2D eigenvalue weighted by molar-refractivity contribution is 0.0601. The molecule has 2 N–H and O–H groups in total. The van der Waals surface area contributed by atoms with E-state index in [4.69, 9.17) is 10.5 Å². The standard InChI is InChI=1S/C16H17NO2S/c1-11-6-3-4-9-14(11)20-10-12-7-5-8-13(17)15(12)16(18)19-2/h3-9H,10,17H2,1-2H3. The van der Waals surface area contributed by atoms with E-state index in [0.29, 0.717) is 17.0 Å². The summed E-state index contributed by atoms with van der Waals surface area (Å²) in [6, 6.07) is 13.7. The van der Waals surface area contributed by atoms with Gasteiger partial charge in [-0.05, 0) is 30.2 Å². The Labute approximate surface area is 123 Å². The zero-order valence-corrected chi connectivity index (χ0v) is 12.4. The van der Waals surface area contributed by atoms with Crippen LogP contribution in [0.15, 0.2) is 47.4 Å². The second kappa shape index (κ2) is 6.48. The van der Waals surface area contributed by atoms with Crippen molar-refractivity contribution in [3.63, 3.8) is 0 Å². The van der Waals surface area contributed by atoms with Gasteiger partial charge in [0.25, 0.3) is 0 Å². The van der Waals surface area contributed by atoms with Crippen LogP contribution in [-0.4, -0.2) is 13.1 Å². The molecule has 0 aliphatic rings. The molecule has 2 rings (SSSR count). The maximum absolute atomic E-state index is 11.8. The molecular weight excluding hydrogens is 270 g/mol. The first-order valence-electron chi connectivity index (χ1n) is 6.27. The number of methoxy groups -OCH3 is 1. The molecular formula is C16H17NO2S. The summed E-state index contributed by atoms with van der Waals surface area (Å²) in [5.41, 5.74) is 8.93. The number of esters is 1. The predicted molar refractivity (Wildman–Crippen MR) is 82.9 cm³/mol. The predicted octanol–water partition coefficient (Wildman–Crippen LogP) is 3.66. The van der Waals surface area contributed by atoms with Gasteiger partial charge in [0.05, 0.1) is 12.7 Å². The number of thioether (sulfide) groups is 1. The first kappa shape index (κ1) is 14.5. The highest BCUT2D eigenvalue weighted by Gasteiger charge is 2.15. The van der Waals surface area contributed by atoms with Gasteiger partial charge in [0.15, 0.2) is 0 Å². The van der Waals surface area contributed by atoms with Crippen LogP contribution in [0.5, 0.6) is 0 Å². The normalized spacial score (nSPS) is 10.3.